The lowest BCUT2D eigenvalue weighted by Crippen LogP contribution is -2.18. The molecule has 1 unspecified atom stereocenters. The summed E-state index contributed by atoms with van der Waals surface area (Å²) in [7, 11) is 0. The van der Waals surface area contributed by atoms with Crippen molar-refractivity contribution in [3.63, 3.8) is 0 Å². The van der Waals surface area contributed by atoms with E-state index in [0.717, 1.165) is 17.5 Å². The van der Waals surface area contributed by atoms with Gasteiger partial charge in [-0.05, 0) is 23.6 Å². The first-order valence-corrected chi connectivity index (χ1v) is 7.88. The van der Waals surface area contributed by atoms with Gasteiger partial charge in [-0.25, -0.2) is 0 Å². The molecule has 1 amide bonds. The Bertz CT molecular complexity index is 700. The molecule has 5 nitrogen and oxygen atoms in total. The second-order valence-electron chi connectivity index (χ2n) is 4.75. The zero-order chi connectivity index (χ0) is 16.7. The molecule has 0 saturated carbocycles. The molecule has 0 radical (unpaired) electrons. The van der Waals surface area contributed by atoms with Gasteiger partial charge in [0.25, 0.3) is 0 Å². The molecule has 0 saturated heterocycles. The molecule has 1 aliphatic rings. The molecule has 1 aromatic carbocycles. The summed E-state index contributed by atoms with van der Waals surface area (Å²) >= 11 is 1.71. The van der Waals surface area contributed by atoms with Crippen molar-refractivity contribution in [3.8, 4) is 0 Å². The maximum atomic E-state index is 11.2. The predicted molar refractivity (Wildman–Crippen MR) is 92.9 cm³/mol. The summed E-state index contributed by atoms with van der Waals surface area (Å²) in [5.74, 6) is -0.333. The van der Waals surface area contributed by atoms with Crippen molar-refractivity contribution < 1.29 is 9.59 Å². The van der Waals surface area contributed by atoms with Crippen LogP contribution in [0.1, 0.15) is 28.2 Å². The third-order valence-corrected chi connectivity index (χ3v) is 4.03. The normalized spacial score (nSPS) is 15.7. The van der Waals surface area contributed by atoms with E-state index >= 15 is 0 Å². The highest BCUT2D eigenvalue weighted by molar-refractivity contribution is 8.02. The minimum absolute atomic E-state index is 0.134. The van der Waals surface area contributed by atoms with Crippen LogP contribution < -0.4 is 10.6 Å². The standard InChI is InChI=1S/C15H12N2OS.C2H5NO/c18-11-13-4-1-2-6-14(13)17-8-9-19-15(17)12-5-3-7-16-10-12;1-2(3)4/h1-11,15H;1H3,(H2,3,4). The fraction of sp³-hybridized carbons (Fsp3) is 0.118. The molecule has 3 rings (SSSR count). The van der Waals surface area contributed by atoms with Crippen molar-refractivity contribution in [2.75, 3.05) is 4.90 Å². The number of anilines is 1. The van der Waals surface area contributed by atoms with Gasteiger partial charge in [0, 0.05) is 36.6 Å². The zero-order valence-corrected chi connectivity index (χ0v) is 13.4. The SMILES string of the molecule is CC(N)=O.O=Cc1ccccc1N1C=CSC1c1cccnc1. The summed E-state index contributed by atoms with van der Waals surface area (Å²) in [6.45, 7) is 1.31. The average molecular weight is 327 g/mol. The number of pyridine rings is 1. The Morgan fingerprint density at radius 1 is 1.30 bits per heavy atom. The van der Waals surface area contributed by atoms with Crippen LogP contribution in [0.2, 0.25) is 0 Å². The van der Waals surface area contributed by atoms with E-state index in [4.69, 9.17) is 0 Å². The smallest absolute Gasteiger partial charge is 0.214 e. The van der Waals surface area contributed by atoms with Crippen LogP contribution in [0.4, 0.5) is 5.69 Å². The number of thioether (sulfide) groups is 1. The van der Waals surface area contributed by atoms with Crippen molar-refractivity contribution in [2.24, 2.45) is 5.73 Å². The largest absolute Gasteiger partial charge is 0.370 e. The molecule has 1 aromatic heterocycles. The molecule has 2 aromatic rings. The third kappa shape index (κ3) is 4.43. The number of hydrogen-bond donors (Lipinski definition) is 1. The molecule has 23 heavy (non-hydrogen) atoms. The molecular weight excluding hydrogens is 310 g/mol. The fourth-order valence-electron chi connectivity index (χ4n) is 2.11. The monoisotopic (exact) mass is 327 g/mol. The number of benzene rings is 1. The minimum atomic E-state index is -0.333. The fourth-order valence-corrected chi connectivity index (χ4v) is 3.07. The number of para-hydroxylation sites is 1. The van der Waals surface area contributed by atoms with Crippen molar-refractivity contribution in [1.29, 1.82) is 0 Å². The van der Waals surface area contributed by atoms with Crippen LogP contribution in [0.15, 0.2) is 60.4 Å². The molecule has 0 bridgehead atoms. The number of nitrogens with zero attached hydrogens (tertiary/aromatic N) is 2. The highest BCUT2D eigenvalue weighted by Crippen LogP contribution is 2.42. The van der Waals surface area contributed by atoms with Gasteiger partial charge in [0.15, 0.2) is 6.29 Å². The van der Waals surface area contributed by atoms with Gasteiger partial charge in [-0.3, -0.25) is 14.6 Å². The maximum Gasteiger partial charge on any atom is 0.214 e. The first-order valence-electron chi connectivity index (χ1n) is 6.94. The molecule has 1 aliphatic heterocycles. The first-order chi connectivity index (χ1) is 11.1. The lowest BCUT2D eigenvalue weighted by Gasteiger charge is -2.26. The Hall–Kier alpha value is -2.60. The van der Waals surface area contributed by atoms with Crippen molar-refractivity contribution in [1.82, 2.24) is 4.98 Å². The Labute approximate surface area is 139 Å². The summed E-state index contributed by atoms with van der Waals surface area (Å²) in [5, 5.41) is 2.17. The number of carbonyl (C=O) groups is 2. The van der Waals surface area contributed by atoms with E-state index in [1.165, 1.54) is 6.92 Å². The first kappa shape index (κ1) is 16.8. The summed E-state index contributed by atoms with van der Waals surface area (Å²) < 4.78 is 0. The van der Waals surface area contributed by atoms with Gasteiger partial charge < -0.3 is 10.6 Å². The summed E-state index contributed by atoms with van der Waals surface area (Å²) in [6.07, 6.45) is 6.53. The van der Waals surface area contributed by atoms with Crippen LogP contribution in [-0.4, -0.2) is 17.2 Å². The van der Waals surface area contributed by atoms with Gasteiger partial charge in [0.2, 0.25) is 5.91 Å². The summed E-state index contributed by atoms with van der Waals surface area (Å²) in [4.78, 5) is 26.6. The van der Waals surface area contributed by atoms with Crippen LogP contribution in [0.5, 0.6) is 0 Å². The number of aromatic nitrogens is 1. The molecule has 118 valence electrons. The molecule has 2 heterocycles. The molecule has 2 N–H and O–H groups in total. The van der Waals surface area contributed by atoms with E-state index in [-0.39, 0.29) is 11.3 Å². The minimum Gasteiger partial charge on any atom is -0.370 e. The second kappa shape index (κ2) is 8.14. The quantitative estimate of drug-likeness (QED) is 0.877. The van der Waals surface area contributed by atoms with Gasteiger partial charge in [0.05, 0.1) is 5.69 Å². The number of hydrogen-bond acceptors (Lipinski definition) is 5. The summed E-state index contributed by atoms with van der Waals surface area (Å²) in [5.41, 5.74) is 7.22. The van der Waals surface area contributed by atoms with E-state index in [1.807, 2.05) is 54.2 Å². The van der Waals surface area contributed by atoms with Crippen LogP contribution in [-0.2, 0) is 4.79 Å². The number of amides is 1. The van der Waals surface area contributed by atoms with Crippen LogP contribution in [0, 0.1) is 0 Å². The van der Waals surface area contributed by atoms with Gasteiger partial charge >= 0.3 is 0 Å². The number of carbonyl (C=O) groups excluding carboxylic acids is 2. The number of aldehydes is 1. The maximum absolute atomic E-state index is 11.2. The lowest BCUT2D eigenvalue weighted by molar-refractivity contribution is -0.115. The van der Waals surface area contributed by atoms with Gasteiger partial charge in [0.1, 0.15) is 5.37 Å². The van der Waals surface area contributed by atoms with E-state index in [9.17, 15) is 9.59 Å². The molecule has 0 aliphatic carbocycles. The lowest BCUT2D eigenvalue weighted by atomic mass is 10.1. The Balaban J connectivity index is 0.000000433. The molecule has 0 spiro atoms. The number of nitrogens with two attached hydrogens (primary N) is 1. The summed E-state index contributed by atoms with van der Waals surface area (Å²) in [6, 6.07) is 11.6. The van der Waals surface area contributed by atoms with Crippen molar-refractivity contribution in [3.05, 3.63) is 71.5 Å². The zero-order valence-electron chi connectivity index (χ0n) is 12.6. The van der Waals surface area contributed by atoms with Crippen LogP contribution >= 0.6 is 11.8 Å². The molecular formula is C17H17N3O2S. The highest BCUT2D eigenvalue weighted by Gasteiger charge is 2.24. The predicted octanol–water partition coefficient (Wildman–Crippen LogP) is 3.11. The van der Waals surface area contributed by atoms with Crippen LogP contribution in [0.25, 0.3) is 0 Å². The van der Waals surface area contributed by atoms with Gasteiger partial charge in [-0.2, -0.15) is 0 Å². The third-order valence-electron chi connectivity index (χ3n) is 2.99. The van der Waals surface area contributed by atoms with E-state index in [1.54, 1.807) is 18.0 Å². The van der Waals surface area contributed by atoms with Crippen LogP contribution in [0.3, 0.4) is 0 Å². The molecule has 1 atom stereocenters. The number of primary amides is 1. The topological polar surface area (TPSA) is 76.3 Å². The van der Waals surface area contributed by atoms with E-state index in [2.05, 4.69) is 15.6 Å². The highest BCUT2D eigenvalue weighted by atomic mass is 32.2. The Morgan fingerprint density at radius 3 is 2.70 bits per heavy atom. The van der Waals surface area contributed by atoms with E-state index < -0.39 is 0 Å². The average Bonchev–Trinajstić information content (AvgIpc) is 3.04. The number of rotatable bonds is 3. The Kier molecular flexibility index (Phi) is 5.94. The Morgan fingerprint density at radius 2 is 2.04 bits per heavy atom. The molecule has 0 fully saturated rings. The molecule has 6 heteroatoms. The van der Waals surface area contributed by atoms with Crippen molar-refractivity contribution in [2.45, 2.75) is 12.3 Å². The van der Waals surface area contributed by atoms with Crippen molar-refractivity contribution >= 4 is 29.6 Å². The second-order valence-corrected chi connectivity index (χ2v) is 5.75. The van der Waals surface area contributed by atoms with Gasteiger partial charge in [-0.1, -0.05) is 18.2 Å². The van der Waals surface area contributed by atoms with E-state index in [0.29, 0.717) is 5.56 Å². The van der Waals surface area contributed by atoms with Gasteiger partial charge in [-0.15, -0.1) is 11.8 Å².